The lowest BCUT2D eigenvalue weighted by molar-refractivity contribution is 0.0808. The minimum atomic E-state index is -3.87. The van der Waals surface area contributed by atoms with Gasteiger partial charge in [0.2, 0.25) is 10.0 Å². The highest BCUT2D eigenvalue weighted by Gasteiger charge is 2.38. The maximum absolute atomic E-state index is 13.5. The van der Waals surface area contributed by atoms with Crippen LogP contribution in [-0.2, 0) is 10.0 Å². The van der Waals surface area contributed by atoms with Crippen LogP contribution in [0.5, 0.6) is 5.75 Å². The quantitative estimate of drug-likeness (QED) is 0.653. The van der Waals surface area contributed by atoms with E-state index in [1.807, 2.05) is 26.0 Å². The summed E-state index contributed by atoms with van der Waals surface area (Å²) in [7, 11) is -2.13. The summed E-state index contributed by atoms with van der Waals surface area (Å²) < 4.78 is 34.6. The molecule has 0 unspecified atom stereocenters. The molecule has 33 heavy (non-hydrogen) atoms. The topological polar surface area (TPSA) is 99.2 Å². The van der Waals surface area contributed by atoms with Crippen LogP contribution < -0.4 is 10.1 Å². The van der Waals surface area contributed by atoms with Gasteiger partial charge in [0.25, 0.3) is 0 Å². The second kappa shape index (κ2) is 10.9. The highest BCUT2D eigenvalue weighted by molar-refractivity contribution is 7.89. The molecule has 2 aliphatic rings. The van der Waals surface area contributed by atoms with Crippen LogP contribution in [0.3, 0.4) is 0 Å². The highest BCUT2D eigenvalue weighted by atomic mass is 32.2. The number of carbonyl (C=O) groups excluding carboxylic acids is 1. The van der Waals surface area contributed by atoms with Crippen LogP contribution in [0.2, 0.25) is 0 Å². The first-order valence-electron chi connectivity index (χ1n) is 11.7. The summed E-state index contributed by atoms with van der Waals surface area (Å²) in [5.41, 5.74) is 0.826. The molecule has 9 heteroatoms. The number of likely N-dealkylation sites (N-methyl/N-ethyl adjacent to an activating group) is 1. The molecule has 184 valence electrons. The van der Waals surface area contributed by atoms with Crippen molar-refractivity contribution >= 4 is 22.1 Å². The summed E-state index contributed by atoms with van der Waals surface area (Å²) in [6, 6.07) is 4.51. The Morgan fingerprint density at radius 3 is 2.70 bits per heavy atom. The Hall–Kier alpha value is -2.10. The van der Waals surface area contributed by atoms with Gasteiger partial charge in [-0.05, 0) is 44.4 Å². The van der Waals surface area contributed by atoms with Gasteiger partial charge in [-0.1, -0.05) is 38.0 Å². The van der Waals surface area contributed by atoms with Gasteiger partial charge in [-0.2, -0.15) is 4.31 Å². The summed E-state index contributed by atoms with van der Waals surface area (Å²) in [6.07, 6.45) is 7.61. The molecule has 8 nitrogen and oxygen atoms in total. The molecule has 3 rings (SSSR count). The van der Waals surface area contributed by atoms with E-state index in [0.717, 1.165) is 31.2 Å². The van der Waals surface area contributed by atoms with Crippen molar-refractivity contribution in [2.45, 2.75) is 69.5 Å². The average molecular weight is 480 g/mol. The number of sulfonamides is 1. The van der Waals surface area contributed by atoms with Gasteiger partial charge in [-0.3, -0.25) is 0 Å². The number of hydrogen-bond acceptors (Lipinski definition) is 5. The van der Waals surface area contributed by atoms with E-state index >= 15 is 0 Å². The molecule has 1 heterocycles. The van der Waals surface area contributed by atoms with E-state index in [1.165, 1.54) is 4.31 Å². The number of benzene rings is 1. The number of ether oxygens (including phenoxy) is 1. The van der Waals surface area contributed by atoms with Gasteiger partial charge in [0.15, 0.2) is 0 Å². The number of aliphatic hydroxyl groups excluding tert-OH is 1. The zero-order valence-corrected chi connectivity index (χ0v) is 20.8. The van der Waals surface area contributed by atoms with E-state index in [1.54, 1.807) is 37.1 Å². The van der Waals surface area contributed by atoms with Crippen molar-refractivity contribution < 1.29 is 23.1 Å². The van der Waals surface area contributed by atoms with Crippen LogP contribution in [0.4, 0.5) is 4.79 Å². The molecule has 1 aromatic rings. The van der Waals surface area contributed by atoms with Gasteiger partial charge in [0.1, 0.15) is 16.7 Å². The van der Waals surface area contributed by atoms with Crippen molar-refractivity contribution in [3.8, 4) is 5.75 Å². The first-order valence-corrected chi connectivity index (χ1v) is 13.2. The van der Waals surface area contributed by atoms with Gasteiger partial charge in [0.05, 0.1) is 13.2 Å². The molecular formula is C24H37N3O5S. The molecule has 1 aliphatic carbocycles. The van der Waals surface area contributed by atoms with E-state index in [9.17, 15) is 18.3 Å². The number of rotatable bonds is 6. The van der Waals surface area contributed by atoms with Crippen LogP contribution in [0.15, 0.2) is 29.2 Å². The van der Waals surface area contributed by atoms with E-state index < -0.39 is 22.2 Å². The zero-order chi connectivity index (χ0) is 24.2. The standard InChI is InChI=1S/C24H37N3O5S/c1-5-8-19-11-12-23-21(13-19)32-22(15-26(4)24(29)25-20-9-6-7-10-20)17(2)14-27(18(3)16-28)33(23,30)31/h5,8,11-13,17-18,20,22,28H,6-7,9-10,14-16H2,1-4H3,(H,25,29)/b8-5+/t17-,18-,22-/m1/s1. The number of carbonyl (C=O) groups is 1. The molecule has 3 atom stereocenters. The number of aliphatic hydroxyl groups is 1. The van der Waals surface area contributed by atoms with Gasteiger partial charge in [-0.25, -0.2) is 13.2 Å². The number of nitrogens with one attached hydrogen (secondary N) is 1. The molecule has 1 fully saturated rings. The first-order chi connectivity index (χ1) is 15.7. The van der Waals surface area contributed by atoms with Crippen molar-refractivity contribution in [2.24, 2.45) is 5.92 Å². The molecule has 1 saturated carbocycles. The van der Waals surface area contributed by atoms with Gasteiger partial charge < -0.3 is 20.1 Å². The molecule has 0 bridgehead atoms. The van der Waals surface area contributed by atoms with Gasteiger partial charge in [-0.15, -0.1) is 0 Å². The Balaban J connectivity index is 1.92. The first kappa shape index (κ1) is 25.5. The SMILES string of the molecule is C/C=C/c1ccc2c(c1)O[C@H](CN(C)C(=O)NC1CCCC1)[C@H](C)CN([C@H](C)CO)S2(=O)=O. The predicted octanol–water partition coefficient (Wildman–Crippen LogP) is 3.07. The summed E-state index contributed by atoms with van der Waals surface area (Å²) in [5, 5.41) is 12.8. The molecule has 0 aromatic heterocycles. The molecule has 1 aromatic carbocycles. The van der Waals surface area contributed by atoms with Crippen molar-refractivity contribution in [1.29, 1.82) is 0 Å². The lowest BCUT2D eigenvalue weighted by Crippen LogP contribution is -2.51. The fourth-order valence-electron chi connectivity index (χ4n) is 4.46. The normalized spacial score (nSPS) is 24.5. The second-order valence-electron chi connectivity index (χ2n) is 9.26. The highest BCUT2D eigenvalue weighted by Crippen LogP contribution is 2.34. The van der Waals surface area contributed by atoms with Crippen LogP contribution in [0.25, 0.3) is 6.08 Å². The largest absolute Gasteiger partial charge is 0.487 e. The Labute approximate surface area is 197 Å². The predicted molar refractivity (Wildman–Crippen MR) is 129 cm³/mol. The number of hydrogen-bond donors (Lipinski definition) is 2. The molecule has 2 amide bonds. The molecule has 1 aliphatic heterocycles. The van der Waals surface area contributed by atoms with Crippen molar-refractivity contribution in [3.63, 3.8) is 0 Å². The molecule has 0 saturated heterocycles. The summed E-state index contributed by atoms with van der Waals surface area (Å²) >= 11 is 0. The third-order valence-corrected chi connectivity index (χ3v) is 8.55. The number of amides is 2. The summed E-state index contributed by atoms with van der Waals surface area (Å²) in [4.78, 5) is 14.4. The van der Waals surface area contributed by atoms with E-state index in [4.69, 9.17) is 4.74 Å². The Morgan fingerprint density at radius 2 is 2.06 bits per heavy atom. The summed E-state index contributed by atoms with van der Waals surface area (Å²) in [5.74, 6) is 0.0518. The van der Waals surface area contributed by atoms with Crippen LogP contribution in [0.1, 0.15) is 52.0 Å². The van der Waals surface area contributed by atoms with E-state index in [-0.39, 0.29) is 41.8 Å². The Bertz CT molecular complexity index is 959. The maximum Gasteiger partial charge on any atom is 0.317 e. The summed E-state index contributed by atoms with van der Waals surface area (Å²) in [6.45, 7) is 5.71. The number of urea groups is 1. The fourth-order valence-corrected chi connectivity index (χ4v) is 6.29. The fraction of sp³-hybridized carbons (Fsp3) is 0.625. The van der Waals surface area contributed by atoms with Crippen molar-refractivity contribution in [2.75, 3.05) is 26.7 Å². The lowest BCUT2D eigenvalue weighted by Gasteiger charge is -2.37. The van der Waals surface area contributed by atoms with Gasteiger partial charge >= 0.3 is 6.03 Å². The van der Waals surface area contributed by atoms with Crippen molar-refractivity contribution in [3.05, 3.63) is 29.8 Å². The average Bonchev–Trinajstić information content (AvgIpc) is 3.28. The van der Waals surface area contributed by atoms with E-state index in [0.29, 0.717) is 6.54 Å². The third kappa shape index (κ3) is 5.88. The monoisotopic (exact) mass is 479 g/mol. The molecule has 0 radical (unpaired) electrons. The molecule has 0 spiro atoms. The van der Waals surface area contributed by atoms with Crippen LogP contribution in [0, 0.1) is 5.92 Å². The lowest BCUT2D eigenvalue weighted by atomic mass is 10.0. The Morgan fingerprint density at radius 1 is 1.36 bits per heavy atom. The zero-order valence-electron chi connectivity index (χ0n) is 20.0. The number of fused-ring (bicyclic) bond motifs is 1. The van der Waals surface area contributed by atoms with Crippen LogP contribution >= 0.6 is 0 Å². The smallest absolute Gasteiger partial charge is 0.317 e. The maximum atomic E-state index is 13.5. The van der Waals surface area contributed by atoms with E-state index in [2.05, 4.69) is 5.32 Å². The second-order valence-corrected chi connectivity index (χ2v) is 11.1. The number of nitrogens with zero attached hydrogens (tertiary/aromatic N) is 2. The molecule has 2 N–H and O–H groups in total. The minimum Gasteiger partial charge on any atom is -0.487 e. The Kier molecular flexibility index (Phi) is 8.42. The van der Waals surface area contributed by atoms with Crippen LogP contribution in [-0.4, -0.2) is 73.7 Å². The van der Waals surface area contributed by atoms with Gasteiger partial charge in [0, 0.05) is 31.6 Å². The van der Waals surface area contributed by atoms with Crippen molar-refractivity contribution in [1.82, 2.24) is 14.5 Å². The minimum absolute atomic E-state index is 0.0750. The molecular weight excluding hydrogens is 442 g/mol. The number of allylic oxidation sites excluding steroid dienone is 1. The third-order valence-electron chi connectivity index (χ3n) is 6.53.